The molecule has 1 aliphatic heterocycles. The Bertz CT molecular complexity index is 864. The van der Waals surface area contributed by atoms with Crippen molar-refractivity contribution in [2.24, 2.45) is 0 Å². The lowest BCUT2D eigenvalue weighted by molar-refractivity contribution is -0.130. The highest BCUT2D eigenvalue weighted by Gasteiger charge is 2.26. The zero-order chi connectivity index (χ0) is 20.7. The van der Waals surface area contributed by atoms with E-state index >= 15 is 0 Å². The molecule has 1 N–H and O–H groups in total. The number of rotatable bonds is 9. The first-order valence-corrected chi connectivity index (χ1v) is 12.5. The number of hydrogen-bond donors (Lipinski definition) is 1. The lowest BCUT2D eigenvalue weighted by Gasteiger charge is -2.30. The van der Waals surface area contributed by atoms with E-state index in [1.165, 1.54) is 4.31 Å². The fraction of sp³-hybridized carbons (Fsp3) is 0.476. The third-order valence-corrected chi connectivity index (χ3v) is 7.94. The molecule has 1 aromatic carbocycles. The molecule has 1 fully saturated rings. The Labute approximate surface area is 177 Å². The maximum atomic E-state index is 13.0. The van der Waals surface area contributed by atoms with Crippen molar-refractivity contribution in [3.8, 4) is 0 Å². The number of carbonyl (C=O) groups is 1. The maximum Gasteiger partial charge on any atom is 0.227 e. The highest BCUT2D eigenvalue weighted by molar-refractivity contribution is 7.89. The minimum atomic E-state index is -3.37. The lowest BCUT2D eigenvalue weighted by atomic mass is 10.0. The summed E-state index contributed by atoms with van der Waals surface area (Å²) in [5.74, 6) is 0.0705. The summed E-state index contributed by atoms with van der Waals surface area (Å²) in [7, 11) is -3.37. The molecule has 2 aromatic rings. The van der Waals surface area contributed by atoms with Crippen LogP contribution in [0, 0.1) is 0 Å². The smallest absolute Gasteiger partial charge is 0.227 e. The van der Waals surface area contributed by atoms with Gasteiger partial charge in [-0.1, -0.05) is 43.3 Å². The predicted molar refractivity (Wildman–Crippen MR) is 118 cm³/mol. The Morgan fingerprint density at radius 2 is 1.90 bits per heavy atom. The van der Waals surface area contributed by atoms with Gasteiger partial charge in [-0.15, -0.1) is 11.3 Å². The fourth-order valence-corrected chi connectivity index (χ4v) is 5.63. The molecule has 3 rings (SSSR count). The Balaban J connectivity index is 1.68. The molecule has 0 unspecified atom stereocenters. The van der Waals surface area contributed by atoms with E-state index < -0.39 is 10.0 Å². The summed E-state index contributed by atoms with van der Waals surface area (Å²) in [6, 6.07) is 13.9. The lowest BCUT2D eigenvalue weighted by Crippen LogP contribution is -2.48. The molecular formula is C21H29N3O3S2. The summed E-state index contributed by atoms with van der Waals surface area (Å²) < 4.78 is 27.0. The Morgan fingerprint density at radius 1 is 1.17 bits per heavy atom. The second-order valence-electron chi connectivity index (χ2n) is 7.37. The third-order valence-electron chi connectivity index (χ3n) is 5.21. The standard InChI is InChI=1S/C21H29N3O3S2/c1-18(19-6-3-2-4-7-19)17-23(21(25)16-20-8-5-14-28-20)13-15-29(26,27)24-11-9-22-10-12-24/h2-8,14,18,22H,9-13,15-17H2,1H3/t18-/m0/s1. The van der Waals surface area contributed by atoms with Gasteiger partial charge in [-0.3, -0.25) is 4.79 Å². The van der Waals surface area contributed by atoms with E-state index in [-0.39, 0.29) is 24.1 Å². The number of benzene rings is 1. The van der Waals surface area contributed by atoms with Gasteiger partial charge in [0.2, 0.25) is 15.9 Å². The Hall–Kier alpha value is -1.74. The van der Waals surface area contributed by atoms with Crippen LogP contribution >= 0.6 is 11.3 Å². The first kappa shape index (κ1) is 22.0. The SMILES string of the molecule is C[C@@H](CN(CCS(=O)(=O)N1CCNCC1)C(=O)Cc1cccs1)c1ccccc1. The van der Waals surface area contributed by atoms with Gasteiger partial charge >= 0.3 is 0 Å². The average Bonchev–Trinajstić information content (AvgIpc) is 3.25. The van der Waals surface area contributed by atoms with Crippen LogP contribution in [0.15, 0.2) is 47.8 Å². The van der Waals surface area contributed by atoms with Gasteiger partial charge in [-0.05, 0) is 22.9 Å². The van der Waals surface area contributed by atoms with Crippen LogP contribution in [0.5, 0.6) is 0 Å². The summed E-state index contributed by atoms with van der Waals surface area (Å²) in [5.41, 5.74) is 1.14. The van der Waals surface area contributed by atoms with Crippen LogP contribution in [0.25, 0.3) is 0 Å². The molecular weight excluding hydrogens is 406 g/mol. The normalized spacial score (nSPS) is 16.4. The van der Waals surface area contributed by atoms with Crippen molar-refractivity contribution in [2.75, 3.05) is 45.0 Å². The molecule has 1 saturated heterocycles. The van der Waals surface area contributed by atoms with Crippen LogP contribution in [0.1, 0.15) is 23.3 Å². The van der Waals surface area contributed by atoms with Crippen molar-refractivity contribution in [3.05, 3.63) is 58.3 Å². The molecule has 0 radical (unpaired) electrons. The van der Waals surface area contributed by atoms with Crippen LogP contribution < -0.4 is 5.32 Å². The second kappa shape index (κ2) is 10.3. The third kappa shape index (κ3) is 6.37. The number of carbonyl (C=O) groups excluding carboxylic acids is 1. The molecule has 8 heteroatoms. The Kier molecular flexibility index (Phi) is 7.83. The molecule has 0 bridgehead atoms. The van der Waals surface area contributed by atoms with E-state index in [4.69, 9.17) is 0 Å². The molecule has 158 valence electrons. The largest absolute Gasteiger partial charge is 0.341 e. The predicted octanol–water partition coefficient (Wildman–Crippen LogP) is 2.16. The first-order valence-electron chi connectivity index (χ1n) is 9.99. The van der Waals surface area contributed by atoms with Crippen molar-refractivity contribution in [2.45, 2.75) is 19.3 Å². The number of nitrogens with one attached hydrogen (secondary N) is 1. The molecule has 2 heterocycles. The number of nitrogens with zero attached hydrogens (tertiary/aromatic N) is 2. The summed E-state index contributed by atoms with van der Waals surface area (Å²) in [5, 5.41) is 5.12. The highest BCUT2D eigenvalue weighted by Crippen LogP contribution is 2.18. The molecule has 1 atom stereocenters. The summed E-state index contributed by atoms with van der Waals surface area (Å²) in [6.07, 6.45) is 0.312. The quantitative estimate of drug-likeness (QED) is 0.655. The van der Waals surface area contributed by atoms with Crippen LogP contribution in [0.2, 0.25) is 0 Å². The number of sulfonamides is 1. The topological polar surface area (TPSA) is 69.7 Å². The van der Waals surface area contributed by atoms with Crippen molar-refractivity contribution in [1.82, 2.24) is 14.5 Å². The van der Waals surface area contributed by atoms with E-state index in [9.17, 15) is 13.2 Å². The van der Waals surface area contributed by atoms with Crippen molar-refractivity contribution in [1.29, 1.82) is 0 Å². The second-order valence-corrected chi connectivity index (χ2v) is 10.5. The van der Waals surface area contributed by atoms with Gasteiger partial charge in [-0.25, -0.2) is 8.42 Å². The average molecular weight is 436 g/mol. The number of hydrogen-bond acceptors (Lipinski definition) is 5. The zero-order valence-electron chi connectivity index (χ0n) is 16.8. The van der Waals surface area contributed by atoms with E-state index in [2.05, 4.69) is 12.2 Å². The minimum Gasteiger partial charge on any atom is -0.341 e. The van der Waals surface area contributed by atoms with Gasteiger partial charge in [0.05, 0.1) is 12.2 Å². The molecule has 0 aliphatic carbocycles. The maximum absolute atomic E-state index is 13.0. The van der Waals surface area contributed by atoms with Gasteiger partial charge in [-0.2, -0.15) is 4.31 Å². The van der Waals surface area contributed by atoms with Gasteiger partial charge in [0, 0.05) is 44.1 Å². The molecule has 1 aromatic heterocycles. The van der Waals surface area contributed by atoms with Gasteiger partial charge in [0.15, 0.2) is 0 Å². The molecule has 0 saturated carbocycles. The molecule has 29 heavy (non-hydrogen) atoms. The zero-order valence-corrected chi connectivity index (χ0v) is 18.4. The van der Waals surface area contributed by atoms with E-state index in [0.29, 0.717) is 39.1 Å². The number of thiophene rings is 1. The van der Waals surface area contributed by atoms with Gasteiger partial charge in [0.25, 0.3) is 0 Å². The fourth-order valence-electron chi connectivity index (χ4n) is 3.49. The Morgan fingerprint density at radius 3 is 2.55 bits per heavy atom. The molecule has 6 nitrogen and oxygen atoms in total. The van der Waals surface area contributed by atoms with Gasteiger partial charge < -0.3 is 10.2 Å². The summed E-state index contributed by atoms with van der Waals surface area (Å²) in [6.45, 7) is 5.12. The van der Waals surface area contributed by atoms with Crippen LogP contribution in [-0.4, -0.2) is 68.6 Å². The van der Waals surface area contributed by atoms with Crippen molar-refractivity contribution >= 4 is 27.3 Å². The summed E-state index contributed by atoms with van der Waals surface area (Å²) in [4.78, 5) is 15.7. The summed E-state index contributed by atoms with van der Waals surface area (Å²) >= 11 is 1.55. The molecule has 1 aliphatic rings. The van der Waals surface area contributed by atoms with Crippen molar-refractivity contribution in [3.63, 3.8) is 0 Å². The highest BCUT2D eigenvalue weighted by atomic mass is 32.2. The molecule has 0 spiro atoms. The minimum absolute atomic E-state index is 0.0225. The molecule has 1 amide bonds. The first-order chi connectivity index (χ1) is 14.0. The monoisotopic (exact) mass is 435 g/mol. The number of piperazine rings is 1. The van der Waals surface area contributed by atoms with E-state index in [1.54, 1.807) is 16.2 Å². The van der Waals surface area contributed by atoms with E-state index in [1.807, 2.05) is 47.8 Å². The van der Waals surface area contributed by atoms with Gasteiger partial charge in [0.1, 0.15) is 0 Å². The van der Waals surface area contributed by atoms with Crippen LogP contribution in [0.3, 0.4) is 0 Å². The van der Waals surface area contributed by atoms with Crippen molar-refractivity contribution < 1.29 is 13.2 Å². The van der Waals surface area contributed by atoms with Crippen LogP contribution in [0.4, 0.5) is 0 Å². The van der Waals surface area contributed by atoms with E-state index in [0.717, 1.165) is 10.4 Å². The number of amides is 1. The van der Waals surface area contributed by atoms with Crippen LogP contribution in [-0.2, 0) is 21.2 Å².